The highest BCUT2D eigenvalue weighted by atomic mass is 16.5. The second-order valence-corrected chi connectivity index (χ2v) is 5.59. The highest BCUT2D eigenvalue weighted by molar-refractivity contribution is 6.06. The normalized spacial score (nSPS) is 11.2. The van der Waals surface area contributed by atoms with Gasteiger partial charge in [0.15, 0.2) is 17.1 Å². The zero-order valence-electron chi connectivity index (χ0n) is 14.7. The first kappa shape index (κ1) is 17.8. The molecule has 3 rings (SSSR count). The first-order valence-electron chi connectivity index (χ1n) is 8.22. The maximum absolute atomic E-state index is 12.3. The molecule has 0 aliphatic carbocycles. The molecule has 0 fully saturated rings. The van der Waals surface area contributed by atoms with Crippen LogP contribution in [-0.2, 0) is 4.74 Å². The van der Waals surface area contributed by atoms with E-state index in [4.69, 9.17) is 18.6 Å². The quantitative estimate of drug-likeness (QED) is 0.342. The van der Waals surface area contributed by atoms with Crippen molar-refractivity contribution in [1.82, 2.24) is 0 Å². The average Bonchev–Trinajstić information content (AvgIpc) is 3.10. The molecule has 5 heteroatoms. The Bertz CT molecular complexity index is 906. The molecule has 5 nitrogen and oxygen atoms in total. The molecule has 134 valence electrons. The summed E-state index contributed by atoms with van der Waals surface area (Å²) in [6, 6.07) is 14.5. The van der Waals surface area contributed by atoms with E-state index in [-0.39, 0.29) is 5.78 Å². The van der Waals surface area contributed by atoms with Crippen LogP contribution in [0.1, 0.15) is 16.1 Å². The van der Waals surface area contributed by atoms with Crippen LogP contribution in [0.2, 0.25) is 0 Å². The Kier molecular flexibility index (Phi) is 5.71. The Morgan fingerprint density at radius 2 is 1.88 bits per heavy atom. The van der Waals surface area contributed by atoms with Gasteiger partial charge < -0.3 is 18.6 Å². The number of furan rings is 1. The van der Waals surface area contributed by atoms with Crippen molar-refractivity contribution in [2.75, 3.05) is 27.4 Å². The number of ketones is 1. The van der Waals surface area contributed by atoms with Crippen LogP contribution in [0.25, 0.3) is 17.0 Å². The molecular formula is C21H20O5. The Morgan fingerprint density at radius 3 is 2.62 bits per heavy atom. The molecule has 0 N–H and O–H groups in total. The van der Waals surface area contributed by atoms with Crippen molar-refractivity contribution in [3.8, 4) is 11.5 Å². The Labute approximate surface area is 151 Å². The SMILES string of the molecule is COCCOc1ccc(C(=O)/C=C/c2cc3cccc(OC)c3o2)cc1. The zero-order chi connectivity index (χ0) is 18.4. The highest BCUT2D eigenvalue weighted by Gasteiger charge is 2.08. The van der Waals surface area contributed by atoms with E-state index in [1.807, 2.05) is 24.3 Å². The highest BCUT2D eigenvalue weighted by Crippen LogP contribution is 2.29. The van der Waals surface area contributed by atoms with Crippen LogP contribution in [0.4, 0.5) is 0 Å². The predicted octanol–water partition coefficient (Wildman–Crippen LogP) is 4.36. The number of carbonyl (C=O) groups excluding carboxylic acids is 1. The Morgan fingerprint density at radius 1 is 1.08 bits per heavy atom. The van der Waals surface area contributed by atoms with Gasteiger partial charge in [-0.2, -0.15) is 0 Å². The number of carbonyl (C=O) groups is 1. The Hall–Kier alpha value is -3.05. The van der Waals surface area contributed by atoms with E-state index in [0.29, 0.717) is 41.6 Å². The van der Waals surface area contributed by atoms with Gasteiger partial charge in [0.25, 0.3) is 0 Å². The molecule has 0 saturated heterocycles. The summed E-state index contributed by atoms with van der Waals surface area (Å²) in [5, 5.41) is 0.925. The monoisotopic (exact) mass is 352 g/mol. The van der Waals surface area contributed by atoms with E-state index in [9.17, 15) is 4.79 Å². The summed E-state index contributed by atoms with van der Waals surface area (Å²) in [6.45, 7) is 0.991. The van der Waals surface area contributed by atoms with Gasteiger partial charge in [-0.05, 0) is 48.6 Å². The summed E-state index contributed by atoms with van der Waals surface area (Å²) < 4.78 is 21.4. The third kappa shape index (κ3) is 4.13. The van der Waals surface area contributed by atoms with Gasteiger partial charge in [0.2, 0.25) is 0 Å². The van der Waals surface area contributed by atoms with Crippen LogP contribution in [0, 0.1) is 0 Å². The van der Waals surface area contributed by atoms with Crippen molar-refractivity contribution in [1.29, 1.82) is 0 Å². The molecule has 0 unspecified atom stereocenters. The number of ether oxygens (including phenoxy) is 3. The number of methoxy groups -OCH3 is 2. The summed E-state index contributed by atoms with van der Waals surface area (Å²) in [6.07, 6.45) is 3.15. The van der Waals surface area contributed by atoms with Crippen molar-refractivity contribution < 1.29 is 23.4 Å². The minimum absolute atomic E-state index is 0.110. The molecule has 0 aliphatic rings. The minimum Gasteiger partial charge on any atom is -0.493 e. The summed E-state index contributed by atoms with van der Waals surface area (Å²) in [5.41, 5.74) is 1.24. The lowest BCUT2D eigenvalue weighted by Gasteiger charge is -2.05. The van der Waals surface area contributed by atoms with Crippen molar-refractivity contribution in [3.05, 3.63) is 65.9 Å². The number of fused-ring (bicyclic) bond motifs is 1. The first-order chi connectivity index (χ1) is 12.7. The fourth-order valence-electron chi connectivity index (χ4n) is 2.51. The molecular weight excluding hydrogens is 332 g/mol. The van der Waals surface area contributed by atoms with E-state index in [2.05, 4.69) is 0 Å². The van der Waals surface area contributed by atoms with Gasteiger partial charge in [0.05, 0.1) is 13.7 Å². The van der Waals surface area contributed by atoms with Crippen molar-refractivity contribution in [2.45, 2.75) is 0 Å². The van der Waals surface area contributed by atoms with Crippen LogP contribution >= 0.6 is 0 Å². The fourth-order valence-corrected chi connectivity index (χ4v) is 2.51. The molecule has 0 amide bonds. The van der Waals surface area contributed by atoms with Gasteiger partial charge in [-0.1, -0.05) is 12.1 Å². The molecule has 1 heterocycles. The van der Waals surface area contributed by atoms with Crippen LogP contribution in [-0.4, -0.2) is 33.2 Å². The van der Waals surface area contributed by atoms with E-state index in [1.165, 1.54) is 6.08 Å². The Balaban J connectivity index is 1.69. The first-order valence-corrected chi connectivity index (χ1v) is 8.22. The van der Waals surface area contributed by atoms with Gasteiger partial charge in [0, 0.05) is 18.1 Å². The standard InChI is InChI=1S/C21H20O5/c1-23-12-13-25-17-8-6-15(7-9-17)19(22)11-10-18-14-16-4-3-5-20(24-2)21(16)26-18/h3-11,14H,12-13H2,1-2H3/b11-10+. The minimum atomic E-state index is -0.110. The van der Waals surface area contributed by atoms with Crippen LogP contribution in [0.5, 0.6) is 11.5 Å². The smallest absolute Gasteiger partial charge is 0.185 e. The topological polar surface area (TPSA) is 57.9 Å². The van der Waals surface area contributed by atoms with Crippen LogP contribution in [0.15, 0.2) is 59.0 Å². The maximum atomic E-state index is 12.3. The van der Waals surface area contributed by atoms with Crippen molar-refractivity contribution >= 4 is 22.8 Å². The molecule has 1 aromatic heterocycles. The van der Waals surface area contributed by atoms with Gasteiger partial charge in [0.1, 0.15) is 18.1 Å². The molecule has 0 spiro atoms. The van der Waals surface area contributed by atoms with Gasteiger partial charge in [-0.25, -0.2) is 0 Å². The lowest BCUT2D eigenvalue weighted by atomic mass is 10.1. The molecule has 0 aliphatic heterocycles. The number of hydrogen-bond donors (Lipinski definition) is 0. The van der Waals surface area contributed by atoms with Gasteiger partial charge in [-0.15, -0.1) is 0 Å². The van der Waals surface area contributed by atoms with Crippen molar-refractivity contribution in [3.63, 3.8) is 0 Å². The maximum Gasteiger partial charge on any atom is 0.185 e. The number of benzene rings is 2. The molecule has 0 saturated carbocycles. The third-order valence-electron chi connectivity index (χ3n) is 3.84. The molecule has 2 aromatic carbocycles. The van der Waals surface area contributed by atoms with E-state index < -0.39 is 0 Å². The lowest BCUT2D eigenvalue weighted by Crippen LogP contribution is -2.04. The molecule has 0 radical (unpaired) electrons. The summed E-state index contributed by atoms with van der Waals surface area (Å²) in [7, 11) is 3.22. The fraction of sp³-hybridized carbons (Fsp3) is 0.190. The number of allylic oxidation sites excluding steroid dienone is 1. The molecule has 0 atom stereocenters. The zero-order valence-corrected chi connectivity index (χ0v) is 14.7. The molecule has 0 bridgehead atoms. The number of rotatable bonds is 8. The van der Waals surface area contributed by atoms with E-state index in [0.717, 1.165) is 5.39 Å². The molecule has 26 heavy (non-hydrogen) atoms. The summed E-state index contributed by atoms with van der Waals surface area (Å²) in [5.74, 6) is 1.85. The number of para-hydroxylation sites is 1. The summed E-state index contributed by atoms with van der Waals surface area (Å²) >= 11 is 0. The van der Waals surface area contributed by atoms with Crippen LogP contribution in [0.3, 0.4) is 0 Å². The van der Waals surface area contributed by atoms with Crippen molar-refractivity contribution in [2.24, 2.45) is 0 Å². The average molecular weight is 352 g/mol. The van der Waals surface area contributed by atoms with Gasteiger partial charge in [-0.3, -0.25) is 4.79 Å². The lowest BCUT2D eigenvalue weighted by molar-refractivity contribution is 0.104. The van der Waals surface area contributed by atoms with E-state index >= 15 is 0 Å². The third-order valence-corrected chi connectivity index (χ3v) is 3.84. The predicted molar refractivity (Wildman–Crippen MR) is 99.9 cm³/mol. The van der Waals surface area contributed by atoms with E-state index in [1.54, 1.807) is 44.6 Å². The second kappa shape index (κ2) is 8.36. The largest absolute Gasteiger partial charge is 0.493 e. The second-order valence-electron chi connectivity index (χ2n) is 5.59. The molecule has 3 aromatic rings. The number of hydrogen-bond acceptors (Lipinski definition) is 5. The van der Waals surface area contributed by atoms with Gasteiger partial charge >= 0.3 is 0 Å². The van der Waals surface area contributed by atoms with Crippen LogP contribution < -0.4 is 9.47 Å². The summed E-state index contributed by atoms with van der Waals surface area (Å²) in [4.78, 5) is 12.3.